The highest BCUT2D eigenvalue weighted by atomic mass is 16.6. The van der Waals surface area contributed by atoms with Gasteiger partial charge in [0.1, 0.15) is 18.3 Å². The number of phenols is 5. The molecule has 4 rings (SSSR count). The topological polar surface area (TPSA) is 213 Å². The summed E-state index contributed by atoms with van der Waals surface area (Å²) >= 11 is 0. The summed E-state index contributed by atoms with van der Waals surface area (Å²) in [6, 6.07) is 2.58. The molecule has 0 spiro atoms. The zero-order valence-electron chi connectivity index (χ0n) is 17.4. The first-order valence-electron chi connectivity index (χ1n) is 9.83. The number of methoxy groups -OCH3 is 1. The number of benzene rings is 2. The van der Waals surface area contributed by atoms with E-state index in [1.54, 1.807) is 0 Å². The molecule has 2 aliphatic heterocycles. The molecule has 5 unspecified atom stereocenters. The van der Waals surface area contributed by atoms with Crippen molar-refractivity contribution < 1.29 is 64.3 Å². The molecule has 13 heteroatoms. The van der Waals surface area contributed by atoms with Crippen molar-refractivity contribution in [3.8, 4) is 34.5 Å². The predicted molar refractivity (Wildman–Crippen MR) is 107 cm³/mol. The Morgan fingerprint density at radius 2 is 1.68 bits per heavy atom. The highest BCUT2D eigenvalue weighted by Crippen LogP contribution is 2.50. The normalized spacial score (nSPS) is 25.6. The van der Waals surface area contributed by atoms with Gasteiger partial charge >= 0.3 is 11.9 Å². The molecule has 34 heavy (non-hydrogen) atoms. The summed E-state index contributed by atoms with van der Waals surface area (Å²) in [7, 11) is 1.16. The second-order valence-electron chi connectivity index (χ2n) is 7.61. The molecule has 1 fully saturated rings. The van der Waals surface area contributed by atoms with Gasteiger partial charge in [0.2, 0.25) is 5.75 Å². The Bertz CT molecular complexity index is 1140. The summed E-state index contributed by atoms with van der Waals surface area (Å²) in [4.78, 5) is 25.3. The first-order chi connectivity index (χ1) is 16.1. The third-order valence-electron chi connectivity index (χ3n) is 5.62. The van der Waals surface area contributed by atoms with E-state index in [0.29, 0.717) is 0 Å². The largest absolute Gasteiger partial charge is 0.504 e. The summed E-state index contributed by atoms with van der Waals surface area (Å²) in [6.07, 6.45) is -7.57. The van der Waals surface area contributed by atoms with Crippen LogP contribution in [0.5, 0.6) is 34.5 Å². The molecule has 1 saturated heterocycles. The highest BCUT2D eigenvalue weighted by Gasteiger charge is 2.54. The predicted octanol–water partition coefficient (Wildman–Crippen LogP) is -0.219. The van der Waals surface area contributed by atoms with E-state index in [0.717, 1.165) is 25.3 Å². The van der Waals surface area contributed by atoms with E-state index in [1.165, 1.54) is 0 Å². The van der Waals surface area contributed by atoms with Crippen molar-refractivity contribution in [3.63, 3.8) is 0 Å². The molecule has 7 N–H and O–H groups in total. The Labute approximate surface area is 190 Å². The van der Waals surface area contributed by atoms with Crippen LogP contribution in [-0.4, -0.2) is 85.8 Å². The van der Waals surface area contributed by atoms with Crippen LogP contribution in [-0.2, 0) is 14.2 Å². The van der Waals surface area contributed by atoms with Crippen LogP contribution < -0.4 is 4.74 Å². The smallest absolute Gasteiger partial charge is 0.339 e. The molecule has 0 aromatic heterocycles. The molecule has 2 heterocycles. The fraction of sp³-hybridized carbons (Fsp3) is 0.333. The average Bonchev–Trinajstić information content (AvgIpc) is 2.79. The molecular weight excluding hydrogens is 460 g/mol. The van der Waals surface area contributed by atoms with Crippen LogP contribution in [0.2, 0.25) is 0 Å². The number of carbonyl (C=O) groups is 2. The van der Waals surface area contributed by atoms with Crippen molar-refractivity contribution in [2.45, 2.75) is 30.5 Å². The molecule has 2 aliphatic rings. The SMILES string of the molecule is COc1c(O)cc2c(c1O)C1OC(CO)C(O)C(OC(=O)c3cc(O)c(O)c(O)c3)C1OC2=O. The van der Waals surface area contributed by atoms with Gasteiger partial charge in [-0.1, -0.05) is 0 Å². The van der Waals surface area contributed by atoms with Gasteiger partial charge in [-0.15, -0.1) is 0 Å². The molecule has 0 amide bonds. The van der Waals surface area contributed by atoms with E-state index in [9.17, 15) is 45.3 Å². The number of rotatable bonds is 4. The first-order valence-corrected chi connectivity index (χ1v) is 9.83. The summed E-state index contributed by atoms with van der Waals surface area (Å²) in [6.45, 7) is -0.752. The van der Waals surface area contributed by atoms with Gasteiger partial charge in [0.25, 0.3) is 0 Å². The summed E-state index contributed by atoms with van der Waals surface area (Å²) in [5.74, 6) is -6.32. The van der Waals surface area contributed by atoms with Crippen LogP contribution in [0.25, 0.3) is 0 Å². The lowest BCUT2D eigenvalue weighted by Gasteiger charge is -2.45. The minimum atomic E-state index is -1.70. The average molecular weight is 480 g/mol. The Hall–Kier alpha value is -3.94. The maximum absolute atomic E-state index is 12.7. The Balaban J connectivity index is 1.75. The molecule has 13 nitrogen and oxygen atoms in total. The number of aromatic hydroxyl groups is 5. The van der Waals surface area contributed by atoms with Gasteiger partial charge in [0, 0.05) is 5.56 Å². The van der Waals surface area contributed by atoms with Crippen LogP contribution in [0.4, 0.5) is 0 Å². The summed E-state index contributed by atoms with van der Waals surface area (Å²) in [5, 5.41) is 69.8. The van der Waals surface area contributed by atoms with Gasteiger partial charge in [-0.05, 0) is 18.2 Å². The monoisotopic (exact) mass is 480 g/mol. The molecule has 2 aromatic rings. The molecule has 182 valence electrons. The Morgan fingerprint density at radius 1 is 1.03 bits per heavy atom. The van der Waals surface area contributed by atoms with E-state index < -0.39 is 83.4 Å². The quantitative estimate of drug-likeness (QED) is 0.223. The van der Waals surface area contributed by atoms with E-state index in [2.05, 4.69) is 0 Å². The van der Waals surface area contributed by atoms with Crippen LogP contribution in [0.3, 0.4) is 0 Å². The second kappa shape index (κ2) is 8.44. The summed E-state index contributed by atoms with van der Waals surface area (Å²) < 4.78 is 21.2. The lowest BCUT2D eigenvalue weighted by atomic mass is 9.86. The van der Waals surface area contributed by atoms with E-state index >= 15 is 0 Å². The maximum Gasteiger partial charge on any atom is 0.339 e. The fourth-order valence-corrected chi connectivity index (χ4v) is 3.98. The number of hydrogen-bond donors (Lipinski definition) is 7. The minimum Gasteiger partial charge on any atom is -0.504 e. The maximum atomic E-state index is 12.7. The van der Waals surface area contributed by atoms with Crippen molar-refractivity contribution in [1.82, 2.24) is 0 Å². The number of phenolic OH excluding ortho intramolecular Hbond substituents is 5. The van der Waals surface area contributed by atoms with E-state index in [4.69, 9.17) is 18.9 Å². The lowest BCUT2D eigenvalue weighted by molar-refractivity contribution is -0.235. The van der Waals surface area contributed by atoms with Gasteiger partial charge in [0.05, 0.1) is 24.8 Å². The Morgan fingerprint density at radius 3 is 2.26 bits per heavy atom. The van der Waals surface area contributed by atoms with Gasteiger partial charge in [0.15, 0.2) is 41.0 Å². The van der Waals surface area contributed by atoms with E-state index in [1.807, 2.05) is 0 Å². The molecule has 0 saturated carbocycles. The number of aliphatic hydroxyl groups excluding tert-OH is 2. The van der Waals surface area contributed by atoms with Crippen molar-refractivity contribution in [2.75, 3.05) is 13.7 Å². The second-order valence-corrected chi connectivity index (χ2v) is 7.61. The standard InChI is InChI=1S/C21H20O13/c1-31-16-10(25)4-7-12(15(16)28)17-19(34-21(7)30)18(14(27)11(5-22)32-17)33-20(29)6-2-8(23)13(26)9(24)3-6/h2-4,11,14,17-19,22-28H,5H2,1H3. The zero-order valence-corrected chi connectivity index (χ0v) is 17.4. The minimum absolute atomic E-state index is 0.178. The van der Waals surface area contributed by atoms with Crippen LogP contribution in [0.1, 0.15) is 32.4 Å². The Kier molecular flexibility index (Phi) is 5.77. The lowest BCUT2D eigenvalue weighted by Crippen LogP contribution is -2.59. The van der Waals surface area contributed by atoms with Gasteiger partial charge in [-0.25, -0.2) is 9.59 Å². The van der Waals surface area contributed by atoms with E-state index in [-0.39, 0.29) is 16.9 Å². The number of esters is 2. The molecule has 0 radical (unpaired) electrons. The third-order valence-corrected chi connectivity index (χ3v) is 5.62. The van der Waals surface area contributed by atoms with Crippen LogP contribution in [0, 0.1) is 0 Å². The zero-order chi connectivity index (χ0) is 24.9. The molecule has 0 aliphatic carbocycles. The summed E-state index contributed by atoms with van der Waals surface area (Å²) in [5.41, 5.74) is -0.869. The highest BCUT2D eigenvalue weighted by molar-refractivity contribution is 5.95. The van der Waals surface area contributed by atoms with Gasteiger partial charge in [-0.3, -0.25) is 0 Å². The van der Waals surface area contributed by atoms with Gasteiger partial charge < -0.3 is 54.7 Å². The van der Waals surface area contributed by atoms with Crippen molar-refractivity contribution in [3.05, 3.63) is 34.9 Å². The van der Waals surface area contributed by atoms with Crippen LogP contribution >= 0.6 is 0 Å². The number of fused-ring (bicyclic) bond motifs is 3. The number of carbonyl (C=O) groups excluding carboxylic acids is 2. The van der Waals surface area contributed by atoms with Crippen molar-refractivity contribution in [1.29, 1.82) is 0 Å². The van der Waals surface area contributed by atoms with Gasteiger partial charge in [-0.2, -0.15) is 0 Å². The fourth-order valence-electron chi connectivity index (χ4n) is 3.98. The molecule has 0 bridgehead atoms. The number of ether oxygens (including phenoxy) is 4. The number of hydrogen-bond acceptors (Lipinski definition) is 13. The third kappa shape index (κ3) is 3.55. The van der Waals surface area contributed by atoms with Crippen molar-refractivity contribution >= 4 is 11.9 Å². The molecule has 5 atom stereocenters. The van der Waals surface area contributed by atoms with Crippen molar-refractivity contribution in [2.24, 2.45) is 0 Å². The molecule has 2 aromatic carbocycles. The number of aliphatic hydroxyl groups is 2. The first kappa shape index (κ1) is 23.2. The molecular formula is C21H20O13. The van der Waals surface area contributed by atoms with Crippen LogP contribution in [0.15, 0.2) is 18.2 Å².